The number of ether oxygens (including phenoxy) is 1. The van der Waals surface area contributed by atoms with Crippen molar-refractivity contribution in [2.24, 2.45) is 0 Å². The number of aliphatic hydroxyl groups is 2. The Hall–Kier alpha value is -1.10. The van der Waals surface area contributed by atoms with Gasteiger partial charge in [-0.1, -0.05) is 37.8 Å². The molecule has 1 aliphatic carbocycles. The first-order valence-electron chi connectivity index (χ1n) is 10.2. The van der Waals surface area contributed by atoms with E-state index in [2.05, 4.69) is 30.9 Å². The average molecular weight is 362 g/mol. The van der Waals surface area contributed by atoms with Gasteiger partial charge in [0, 0.05) is 19.1 Å². The highest BCUT2D eigenvalue weighted by Crippen LogP contribution is 2.31. The van der Waals surface area contributed by atoms with E-state index in [1.54, 1.807) is 0 Å². The highest BCUT2D eigenvalue weighted by Gasteiger charge is 2.43. The molecule has 0 unspecified atom stereocenters. The van der Waals surface area contributed by atoms with E-state index in [0.29, 0.717) is 19.0 Å². The van der Waals surface area contributed by atoms with Crippen LogP contribution in [0.1, 0.15) is 61.6 Å². The predicted molar refractivity (Wildman–Crippen MR) is 105 cm³/mol. The fourth-order valence-corrected chi connectivity index (χ4v) is 4.51. The standard InChI is InChI=1S/C22H35NO3/c1-16-10-11-17(2)21(18(16)3)26-15-22(25)14-23(13-12-20(22)24)19-8-6-4-5-7-9-19/h10-11,19-20,24-25H,4-9,12-15H2,1-3H3/t20-,22-/m0/s1. The molecule has 4 nitrogen and oxygen atoms in total. The first-order chi connectivity index (χ1) is 12.4. The molecule has 0 radical (unpaired) electrons. The van der Waals surface area contributed by atoms with E-state index in [4.69, 9.17) is 4.74 Å². The summed E-state index contributed by atoms with van der Waals surface area (Å²) in [6.07, 6.45) is 7.52. The molecule has 0 aromatic heterocycles. The van der Waals surface area contributed by atoms with E-state index in [9.17, 15) is 10.2 Å². The molecule has 2 fully saturated rings. The smallest absolute Gasteiger partial charge is 0.137 e. The van der Waals surface area contributed by atoms with E-state index in [-0.39, 0.29) is 6.61 Å². The number of aliphatic hydroxyl groups excluding tert-OH is 1. The molecule has 26 heavy (non-hydrogen) atoms. The lowest BCUT2D eigenvalue weighted by Crippen LogP contribution is -2.61. The molecule has 1 aliphatic heterocycles. The fraction of sp³-hybridized carbons (Fsp3) is 0.727. The lowest BCUT2D eigenvalue weighted by atomic mass is 9.88. The lowest BCUT2D eigenvalue weighted by Gasteiger charge is -2.45. The first kappa shape index (κ1) is 19.7. The molecule has 1 aromatic rings. The van der Waals surface area contributed by atoms with Crippen LogP contribution < -0.4 is 4.74 Å². The summed E-state index contributed by atoms with van der Waals surface area (Å²) in [5.74, 6) is 0.845. The molecule has 1 saturated carbocycles. The zero-order valence-corrected chi connectivity index (χ0v) is 16.6. The SMILES string of the molecule is Cc1ccc(C)c(OC[C@@]2(O)CN(C3CCCCCC3)CC[C@@H]2O)c1C. The molecule has 1 saturated heterocycles. The number of nitrogens with zero attached hydrogens (tertiary/aromatic N) is 1. The summed E-state index contributed by atoms with van der Waals surface area (Å²) in [6.45, 7) is 7.67. The largest absolute Gasteiger partial charge is 0.490 e. The van der Waals surface area contributed by atoms with Crippen LogP contribution in [0.4, 0.5) is 0 Å². The summed E-state index contributed by atoms with van der Waals surface area (Å²) in [6, 6.07) is 4.69. The van der Waals surface area contributed by atoms with Gasteiger partial charge in [-0.05, 0) is 56.7 Å². The van der Waals surface area contributed by atoms with Crippen LogP contribution in [0.2, 0.25) is 0 Å². The third-order valence-electron chi connectivity index (χ3n) is 6.47. The van der Waals surface area contributed by atoms with Crippen LogP contribution in [0.25, 0.3) is 0 Å². The fourth-order valence-electron chi connectivity index (χ4n) is 4.51. The van der Waals surface area contributed by atoms with Gasteiger partial charge >= 0.3 is 0 Å². The second kappa shape index (κ2) is 8.28. The van der Waals surface area contributed by atoms with Crippen LogP contribution in [0.5, 0.6) is 5.75 Å². The van der Waals surface area contributed by atoms with Crippen LogP contribution >= 0.6 is 0 Å². The van der Waals surface area contributed by atoms with E-state index < -0.39 is 11.7 Å². The number of hydrogen-bond donors (Lipinski definition) is 2. The molecule has 2 aliphatic rings. The highest BCUT2D eigenvalue weighted by atomic mass is 16.5. The van der Waals surface area contributed by atoms with Gasteiger partial charge in [-0.15, -0.1) is 0 Å². The maximum Gasteiger partial charge on any atom is 0.137 e. The van der Waals surface area contributed by atoms with Crippen LogP contribution in [0, 0.1) is 20.8 Å². The Morgan fingerprint density at radius 3 is 2.38 bits per heavy atom. The monoisotopic (exact) mass is 361 g/mol. The van der Waals surface area contributed by atoms with Crippen molar-refractivity contribution >= 4 is 0 Å². The highest BCUT2D eigenvalue weighted by molar-refractivity contribution is 5.44. The number of aryl methyl sites for hydroxylation is 2. The van der Waals surface area contributed by atoms with Gasteiger partial charge in [-0.2, -0.15) is 0 Å². The Kier molecular flexibility index (Phi) is 6.26. The predicted octanol–water partition coefficient (Wildman–Crippen LogP) is 3.51. The summed E-state index contributed by atoms with van der Waals surface area (Å²) in [7, 11) is 0. The van der Waals surface area contributed by atoms with Crippen LogP contribution in [-0.2, 0) is 0 Å². The van der Waals surface area contributed by atoms with Crippen LogP contribution in [0.3, 0.4) is 0 Å². The minimum atomic E-state index is -1.20. The molecule has 1 heterocycles. The molecule has 3 rings (SSSR count). The molecule has 4 heteroatoms. The quantitative estimate of drug-likeness (QED) is 0.806. The van der Waals surface area contributed by atoms with Gasteiger partial charge in [-0.25, -0.2) is 0 Å². The molecule has 146 valence electrons. The number of piperidine rings is 1. The van der Waals surface area contributed by atoms with Gasteiger partial charge < -0.3 is 14.9 Å². The summed E-state index contributed by atoms with van der Waals surface area (Å²) >= 11 is 0. The average Bonchev–Trinajstić information content (AvgIpc) is 2.90. The molecule has 0 amide bonds. The zero-order valence-electron chi connectivity index (χ0n) is 16.6. The molecule has 0 spiro atoms. The van der Waals surface area contributed by atoms with Crippen molar-refractivity contribution < 1.29 is 14.9 Å². The minimum Gasteiger partial charge on any atom is -0.490 e. The van der Waals surface area contributed by atoms with Crippen molar-refractivity contribution in [3.63, 3.8) is 0 Å². The zero-order chi connectivity index (χ0) is 18.7. The first-order valence-corrected chi connectivity index (χ1v) is 10.2. The van der Waals surface area contributed by atoms with Gasteiger partial charge in [0.15, 0.2) is 0 Å². The van der Waals surface area contributed by atoms with Crippen molar-refractivity contribution in [3.05, 3.63) is 28.8 Å². The van der Waals surface area contributed by atoms with Gasteiger partial charge in [0.2, 0.25) is 0 Å². The second-order valence-electron chi connectivity index (χ2n) is 8.47. The van der Waals surface area contributed by atoms with E-state index in [0.717, 1.165) is 23.4 Å². The van der Waals surface area contributed by atoms with Crippen molar-refractivity contribution in [2.45, 2.75) is 83.5 Å². The lowest BCUT2D eigenvalue weighted by molar-refractivity contribution is -0.146. The van der Waals surface area contributed by atoms with Gasteiger partial charge in [0.25, 0.3) is 0 Å². The topological polar surface area (TPSA) is 52.9 Å². The Labute approximate surface area is 158 Å². The number of β-amino-alcohol motifs (C(OH)–C–C–N with tert-alkyl or cyclic N) is 1. The van der Waals surface area contributed by atoms with Crippen molar-refractivity contribution in [1.29, 1.82) is 0 Å². The minimum absolute atomic E-state index is 0.141. The Morgan fingerprint density at radius 1 is 1.04 bits per heavy atom. The summed E-state index contributed by atoms with van der Waals surface area (Å²) in [5.41, 5.74) is 2.16. The van der Waals surface area contributed by atoms with Crippen molar-refractivity contribution in [2.75, 3.05) is 19.7 Å². The number of rotatable bonds is 4. The maximum absolute atomic E-state index is 11.2. The maximum atomic E-state index is 11.2. The third-order valence-corrected chi connectivity index (χ3v) is 6.47. The number of benzene rings is 1. The van der Waals surface area contributed by atoms with Crippen LogP contribution in [-0.4, -0.2) is 52.6 Å². The molecule has 0 bridgehead atoms. The Bertz CT molecular complexity index is 610. The normalized spacial score (nSPS) is 28.7. The van der Waals surface area contributed by atoms with Gasteiger partial charge in [0.05, 0.1) is 6.10 Å². The second-order valence-corrected chi connectivity index (χ2v) is 8.47. The number of likely N-dealkylation sites (tertiary alicyclic amines) is 1. The van der Waals surface area contributed by atoms with Crippen LogP contribution in [0.15, 0.2) is 12.1 Å². The summed E-state index contributed by atoms with van der Waals surface area (Å²) in [4.78, 5) is 2.40. The molecule has 1 aromatic carbocycles. The van der Waals surface area contributed by atoms with E-state index in [1.807, 2.05) is 6.92 Å². The number of hydrogen-bond acceptors (Lipinski definition) is 4. The third kappa shape index (κ3) is 4.24. The Morgan fingerprint density at radius 2 is 1.69 bits per heavy atom. The molecule has 2 N–H and O–H groups in total. The Balaban J connectivity index is 1.69. The molecular weight excluding hydrogens is 326 g/mol. The van der Waals surface area contributed by atoms with Gasteiger partial charge in [-0.3, -0.25) is 4.90 Å². The molecular formula is C22H35NO3. The van der Waals surface area contributed by atoms with Crippen molar-refractivity contribution in [1.82, 2.24) is 4.90 Å². The van der Waals surface area contributed by atoms with Crippen molar-refractivity contribution in [3.8, 4) is 5.75 Å². The molecule has 2 atom stereocenters. The van der Waals surface area contributed by atoms with Gasteiger partial charge in [0.1, 0.15) is 18.0 Å². The summed E-state index contributed by atoms with van der Waals surface area (Å²) < 4.78 is 6.08. The van der Waals surface area contributed by atoms with E-state index in [1.165, 1.54) is 44.1 Å². The summed E-state index contributed by atoms with van der Waals surface area (Å²) in [5, 5.41) is 21.7. The van der Waals surface area contributed by atoms with E-state index >= 15 is 0 Å².